The molecule has 1 aliphatic carbocycles. The van der Waals surface area contributed by atoms with Crippen molar-refractivity contribution in [3.8, 4) is 11.5 Å². The molecule has 1 aromatic rings. The minimum absolute atomic E-state index is 0.0141. The van der Waals surface area contributed by atoms with Crippen molar-refractivity contribution in [2.75, 3.05) is 47.1 Å². The molecule has 0 aromatic heterocycles. The second-order valence-corrected chi connectivity index (χ2v) is 8.73. The summed E-state index contributed by atoms with van der Waals surface area (Å²) < 4.78 is 16.0. The van der Waals surface area contributed by atoms with Gasteiger partial charge in [0.2, 0.25) is 5.91 Å². The van der Waals surface area contributed by atoms with Gasteiger partial charge in [0, 0.05) is 19.6 Å². The number of hydrogen-bond acceptors (Lipinski definition) is 6. The molecule has 1 aromatic carbocycles. The standard InChI is InChI=1S/C26H38N2O5/c1-31-17-13-20-5-7-21(8-6-20)26(30)24(19-28-15-3-4-16-28)27-25(29)14-18-33-23-11-9-22(32-2)10-12-23/h5-7,9-12,21,24,26,30H,3-4,8,13-19H2,1-2H3,(H,27,29)/t21?,24-,26-/m1/s1. The lowest BCUT2D eigenvalue weighted by atomic mass is 9.87. The summed E-state index contributed by atoms with van der Waals surface area (Å²) in [7, 11) is 3.32. The zero-order valence-electron chi connectivity index (χ0n) is 19.9. The first kappa shape index (κ1) is 25.3. The lowest BCUT2D eigenvalue weighted by Crippen LogP contribution is -2.52. The second-order valence-electron chi connectivity index (χ2n) is 8.73. The molecule has 1 unspecified atom stereocenters. The summed E-state index contributed by atoms with van der Waals surface area (Å²) in [5.41, 5.74) is 1.23. The molecule has 182 valence electrons. The first-order chi connectivity index (χ1) is 16.1. The number of benzene rings is 1. The van der Waals surface area contributed by atoms with Crippen molar-refractivity contribution in [1.29, 1.82) is 0 Å². The third kappa shape index (κ3) is 8.18. The van der Waals surface area contributed by atoms with E-state index in [1.54, 1.807) is 14.2 Å². The first-order valence-corrected chi connectivity index (χ1v) is 11.9. The fourth-order valence-corrected chi connectivity index (χ4v) is 4.33. The summed E-state index contributed by atoms with van der Waals surface area (Å²) in [5.74, 6) is 1.33. The monoisotopic (exact) mass is 458 g/mol. The number of aliphatic hydroxyl groups is 1. The third-order valence-corrected chi connectivity index (χ3v) is 6.31. The number of carbonyl (C=O) groups excluding carboxylic acids is 1. The van der Waals surface area contributed by atoms with Crippen LogP contribution in [0.2, 0.25) is 0 Å². The highest BCUT2D eigenvalue weighted by molar-refractivity contribution is 5.76. The van der Waals surface area contributed by atoms with E-state index < -0.39 is 6.10 Å². The number of hydrogen-bond donors (Lipinski definition) is 2. The molecule has 3 atom stereocenters. The number of ether oxygens (including phenoxy) is 3. The Hall–Kier alpha value is -2.35. The molecule has 1 heterocycles. The van der Waals surface area contributed by atoms with Gasteiger partial charge in [-0.25, -0.2) is 0 Å². The van der Waals surface area contributed by atoms with E-state index in [-0.39, 0.29) is 30.9 Å². The molecule has 2 N–H and O–H groups in total. The van der Waals surface area contributed by atoms with Crippen LogP contribution in [0.1, 0.15) is 32.1 Å². The van der Waals surface area contributed by atoms with Crippen molar-refractivity contribution in [3.63, 3.8) is 0 Å². The van der Waals surface area contributed by atoms with Crippen molar-refractivity contribution < 1.29 is 24.1 Å². The Morgan fingerprint density at radius 3 is 2.52 bits per heavy atom. The summed E-state index contributed by atoms with van der Waals surface area (Å²) in [4.78, 5) is 15.0. The number of carbonyl (C=O) groups is 1. The van der Waals surface area contributed by atoms with Crippen LogP contribution in [-0.2, 0) is 9.53 Å². The normalized spacial score (nSPS) is 20.2. The van der Waals surface area contributed by atoms with E-state index in [1.165, 1.54) is 18.4 Å². The van der Waals surface area contributed by atoms with Crippen molar-refractivity contribution >= 4 is 5.91 Å². The maximum Gasteiger partial charge on any atom is 0.223 e. The number of nitrogens with zero attached hydrogens (tertiary/aromatic N) is 1. The van der Waals surface area contributed by atoms with Crippen molar-refractivity contribution in [3.05, 3.63) is 48.1 Å². The van der Waals surface area contributed by atoms with Gasteiger partial charge in [0.1, 0.15) is 11.5 Å². The second kappa shape index (κ2) is 13.4. The largest absolute Gasteiger partial charge is 0.497 e. The number of methoxy groups -OCH3 is 2. The van der Waals surface area contributed by atoms with Gasteiger partial charge in [0.05, 0.1) is 38.9 Å². The minimum atomic E-state index is -0.645. The molecule has 7 nitrogen and oxygen atoms in total. The van der Waals surface area contributed by atoms with Gasteiger partial charge in [0.15, 0.2) is 0 Å². The van der Waals surface area contributed by atoms with Crippen LogP contribution in [0.15, 0.2) is 48.1 Å². The average Bonchev–Trinajstić information content (AvgIpc) is 3.36. The van der Waals surface area contributed by atoms with E-state index in [0.29, 0.717) is 18.9 Å². The zero-order valence-corrected chi connectivity index (χ0v) is 19.9. The summed E-state index contributed by atoms with van der Waals surface area (Å²) in [6.07, 6.45) is 9.89. The van der Waals surface area contributed by atoms with Crippen molar-refractivity contribution in [2.45, 2.75) is 44.2 Å². The Bertz CT molecular complexity index is 786. The molecule has 1 saturated heterocycles. The van der Waals surface area contributed by atoms with E-state index in [9.17, 15) is 9.90 Å². The molecule has 33 heavy (non-hydrogen) atoms. The maximum absolute atomic E-state index is 12.7. The minimum Gasteiger partial charge on any atom is -0.497 e. The van der Waals surface area contributed by atoms with E-state index in [4.69, 9.17) is 14.2 Å². The maximum atomic E-state index is 12.7. The number of allylic oxidation sites excluding steroid dienone is 2. The highest BCUT2D eigenvalue weighted by Crippen LogP contribution is 2.24. The summed E-state index contributed by atoms with van der Waals surface area (Å²) in [6.45, 7) is 3.66. The molecule has 7 heteroatoms. The van der Waals surface area contributed by atoms with Gasteiger partial charge >= 0.3 is 0 Å². The molecular weight excluding hydrogens is 420 g/mol. The molecule has 0 spiro atoms. The highest BCUT2D eigenvalue weighted by Gasteiger charge is 2.30. The number of nitrogens with one attached hydrogen (secondary N) is 1. The van der Waals surface area contributed by atoms with Crippen LogP contribution >= 0.6 is 0 Å². The molecule has 1 amide bonds. The number of rotatable bonds is 13. The van der Waals surface area contributed by atoms with E-state index in [2.05, 4.69) is 28.4 Å². The van der Waals surface area contributed by atoms with Gasteiger partial charge in [-0.3, -0.25) is 4.79 Å². The Morgan fingerprint density at radius 2 is 1.88 bits per heavy atom. The Kier molecular flexibility index (Phi) is 10.2. The molecule has 1 fully saturated rings. The first-order valence-electron chi connectivity index (χ1n) is 11.9. The van der Waals surface area contributed by atoms with Gasteiger partial charge in [-0.2, -0.15) is 0 Å². The zero-order chi connectivity index (χ0) is 23.5. The highest BCUT2D eigenvalue weighted by atomic mass is 16.5. The molecule has 0 bridgehead atoms. The Morgan fingerprint density at radius 1 is 1.15 bits per heavy atom. The molecule has 0 radical (unpaired) electrons. The SMILES string of the molecule is COCCC1=CCC([C@@H](O)[C@@H](CN2CCCC2)NC(=O)CCOc2ccc(OC)cc2)C=C1. The van der Waals surface area contributed by atoms with Gasteiger partial charge in [-0.05, 0) is 63.0 Å². The van der Waals surface area contributed by atoms with Crippen molar-refractivity contribution in [2.24, 2.45) is 5.92 Å². The molecule has 2 aliphatic rings. The number of likely N-dealkylation sites (tertiary alicyclic amines) is 1. The number of aliphatic hydroxyl groups excluding tert-OH is 1. The fourth-order valence-electron chi connectivity index (χ4n) is 4.33. The third-order valence-electron chi connectivity index (χ3n) is 6.31. The molecule has 3 rings (SSSR count). The predicted molar refractivity (Wildman–Crippen MR) is 129 cm³/mol. The van der Waals surface area contributed by atoms with Crippen molar-refractivity contribution in [1.82, 2.24) is 10.2 Å². The Balaban J connectivity index is 1.51. The van der Waals surface area contributed by atoms with E-state index >= 15 is 0 Å². The fraction of sp³-hybridized carbons (Fsp3) is 0.577. The van der Waals surface area contributed by atoms with Gasteiger partial charge in [-0.1, -0.05) is 23.8 Å². The Labute approximate surface area is 197 Å². The van der Waals surface area contributed by atoms with Crippen LogP contribution in [0.4, 0.5) is 0 Å². The van der Waals surface area contributed by atoms with E-state index in [1.807, 2.05) is 24.3 Å². The predicted octanol–water partition coefficient (Wildman–Crippen LogP) is 2.94. The topological polar surface area (TPSA) is 80.3 Å². The van der Waals surface area contributed by atoms with Gasteiger partial charge in [0.25, 0.3) is 0 Å². The molecule has 0 saturated carbocycles. The molecular formula is C26H38N2O5. The molecule has 1 aliphatic heterocycles. The lowest BCUT2D eigenvalue weighted by molar-refractivity contribution is -0.123. The average molecular weight is 459 g/mol. The van der Waals surface area contributed by atoms with Crippen LogP contribution in [-0.4, -0.2) is 75.1 Å². The lowest BCUT2D eigenvalue weighted by Gasteiger charge is -2.32. The van der Waals surface area contributed by atoms with Crippen LogP contribution < -0.4 is 14.8 Å². The van der Waals surface area contributed by atoms with Crippen LogP contribution in [0, 0.1) is 5.92 Å². The van der Waals surface area contributed by atoms with Gasteiger partial charge < -0.3 is 29.5 Å². The van der Waals surface area contributed by atoms with Crippen LogP contribution in [0.5, 0.6) is 11.5 Å². The van der Waals surface area contributed by atoms with Gasteiger partial charge in [-0.15, -0.1) is 0 Å². The number of amides is 1. The summed E-state index contributed by atoms with van der Waals surface area (Å²) in [5, 5.41) is 14.3. The van der Waals surface area contributed by atoms with E-state index in [0.717, 1.165) is 31.7 Å². The van der Waals surface area contributed by atoms with Crippen LogP contribution in [0.3, 0.4) is 0 Å². The van der Waals surface area contributed by atoms with Crippen LogP contribution in [0.25, 0.3) is 0 Å². The summed E-state index contributed by atoms with van der Waals surface area (Å²) >= 11 is 0. The summed E-state index contributed by atoms with van der Waals surface area (Å²) in [6, 6.07) is 6.97. The smallest absolute Gasteiger partial charge is 0.223 e. The quantitative estimate of drug-likeness (QED) is 0.473.